The molecule has 7 atom stereocenters. The highest BCUT2D eigenvalue weighted by Gasteiger charge is 2.72. The molecule has 18 rings (SSSR count). The van der Waals surface area contributed by atoms with Crippen LogP contribution in [0.2, 0.25) is 0 Å². The van der Waals surface area contributed by atoms with Crippen molar-refractivity contribution in [2.75, 3.05) is 0 Å². The molecule has 6 aliphatic carbocycles. The molecule has 3 fully saturated rings. The highest BCUT2D eigenvalue weighted by molar-refractivity contribution is 6.22. The first-order chi connectivity index (χ1) is 40.6. The lowest BCUT2D eigenvalue weighted by molar-refractivity contribution is -0.0466. The van der Waals surface area contributed by atoms with Gasteiger partial charge in [-0.3, -0.25) is 0 Å². The van der Waals surface area contributed by atoms with Crippen molar-refractivity contribution in [3.05, 3.63) is 282 Å². The number of benzene rings is 11. The zero-order chi connectivity index (χ0) is 53.7. The average molecular weight is 1050 g/mol. The van der Waals surface area contributed by atoms with Crippen LogP contribution in [0.1, 0.15) is 96.1 Å². The lowest BCUT2D eigenvalue weighted by Gasteiger charge is -2.69. The Labute approximate surface area is 479 Å². The van der Waals surface area contributed by atoms with Gasteiger partial charge in [-0.1, -0.05) is 249 Å². The van der Waals surface area contributed by atoms with Crippen molar-refractivity contribution in [1.29, 1.82) is 0 Å². The van der Waals surface area contributed by atoms with E-state index in [0.717, 1.165) is 66.0 Å². The molecule has 7 unspecified atom stereocenters. The molecule has 6 aliphatic rings. The van der Waals surface area contributed by atoms with E-state index in [1.165, 1.54) is 67.3 Å². The molecule has 4 bridgehead atoms. The standard InChI is InChI=1S/C79H59N3/c1-3-22-49(23-4-1)73-80-74(50-24-5-2-6-25-50)82-75(81-73)72-63-36-15-13-34-61(63)70(62-35-14-16-37-64(62)72)65-38-21-41-69-71(65)60-33-12-8-27-54(60)52-47-77(69)44-43-68-59-31-11-10-29-56(59)58-32-18-20-40-67(58)79(68)45-42-51-46-78(48-52,76(77)79)66-39-19-17-30-57(66)55-28-9-7-26-53(51)55/h1-41,51-52,68,76H,42-48H2. The fourth-order valence-corrected chi connectivity index (χ4v) is 19.0. The highest BCUT2D eigenvalue weighted by atomic mass is 15.0. The third-order valence-corrected chi connectivity index (χ3v) is 21.5. The van der Waals surface area contributed by atoms with Crippen LogP contribution in [0.3, 0.4) is 0 Å². The van der Waals surface area contributed by atoms with Gasteiger partial charge < -0.3 is 0 Å². The van der Waals surface area contributed by atoms with Gasteiger partial charge in [0.2, 0.25) is 0 Å². The average Bonchev–Trinajstić information content (AvgIpc) is 1.51. The van der Waals surface area contributed by atoms with Crippen molar-refractivity contribution < 1.29 is 0 Å². The summed E-state index contributed by atoms with van der Waals surface area (Å²) in [5.41, 5.74) is 23.2. The van der Waals surface area contributed by atoms with Crippen LogP contribution in [-0.4, -0.2) is 15.0 Å². The van der Waals surface area contributed by atoms with E-state index in [0.29, 0.717) is 41.1 Å². The van der Waals surface area contributed by atoms with Crippen molar-refractivity contribution in [3.63, 3.8) is 0 Å². The Bertz CT molecular complexity index is 4500. The first kappa shape index (κ1) is 46.7. The van der Waals surface area contributed by atoms with Gasteiger partial charge in [-0.25, -0.2) is 15.0 Å². The van der Waals surface area contributed by atoms with Crippen molar-refractivity contribution in [1.82, 2.24) is 15.0 Å². The van der Waals surface area contributed by atoms with E-state index in [1.807, 2.05) is 0 Å². The Kier molecular flexibility index (Phi) is 9.95. The molecule has 12 aromatic rings. The molecule has 3 nitrogen and oxygen atoms in total. The largest absolute Gasteiger partial charge is 0.208 e. The van der Waals surface area contributed by atoms with E-state index >= 15 is 0 Å². The summed E-state index contributed by atoms with van der Waals surface area (Å²) in [7, 11) is 0. The van der Waals surface area contributed by atoms with E-state index in [1.54, 1.807) is 27.8 Å². The van der Waals surface area contributed by atoms with Gasteiger partial charge in [-0.05, 0) is 168 Å². The van der Waals surface area contributed by atoms with Crippen LogP contribution >= 0.6 is 0 Å². The first-order valence-electron chi connectivity index (χ1n) is 30.0. The minimum atomic E-state index is -0.181. The molecular formula is C79H59N3. The van der Waals surface area contributed by atoms with Crippen molar-refractivity contribution in [3.8, 4) is 78.7 Å². The zero-order valence-corrected chi connectivity index (χ0v) is 45.8. The number of aromatic nitrogens is 3. The van der Waals surface area contributed by atoms with Gasteiger partial charge in [-0.15, -0.1) is 0 Å². The number of fused-ring (bicyclic) bond motifs is 16. The number of hydrogen-bond donors (Lipinski definition) is 0. The molecule has 0 aliphatic heterocycles. The van der Waals surface area contributed by atoms with E-state index in [2.05, 4.69) is 249 Å². The highest BCUT2D eigenvalue weighted by Crippen LogP contribution is 2.79. The molecule has 0 amide bonds. The maximum absolute atomic E-state index is 5.43. The number of rotatable bonds is 4. The van der Waals surface area contributed by atoms with E-state index < -0.39 is 0 Å². The smallest absolute Gasteiger partial charge is 0.165 e. The first-order valence-corrected chi connectivity index (χ1v) is 30.0. The summed E-state index contributed by atoms with van der Waals surface area (Å²) in [6.07, 6.45) is 8.04. The third kappa shape index (κ3) is 6.29. The molecule has 82 heavy (non-hydrogen) atoms. The number of hydrogen-bond acceptors (Lipinski definition) is 3. The monoisotopic (exact) mass is 1050 g/mol. The molecule has 3 heteroatoms. The topological polar surface area (TPSA) is 38.7 Å². The van der Waals surface area contributed by atoms with Gasteiger partial charge in [0.1, 0.15) is 0 Å². The maximum Gasteiger partial charge on any atom is 0.165 e. The van der Waals surface area contributed by atoms with Crippen LogP contribution in [0, 0.1) is 5.92 Å². The van der Waals surface area contributed by atoms with Crippen LogP contribution in [0.15, 0.2) is 249 Å². The Balaban J connectivity index is 0.948. The van der Waals surface area contributed by atoms with Gasteiger partial charge in [0.25, 0.3) is 0 Å². The molecular weight excluding hydrogens is 991 g/mol. The zero-order valence-electron chi connectivity index (χ0n) is 45.8. The summed E-state index contributed by atoms with van der Waals surface area (Å²) in [6, 6.07) is 95.2. The molecule has 0 N–H and O–H groups in total. The van der Waals surface area contributed by atoms with E-state index in [9.17, 15) is 0 Å². The maximum atomic E-state index is 5.43. The Morgan fingerprint density at radius 1 is 0.293 bits per heavy atom. The van der Waals surface area contributed by atoms with Crippen molar-refractivity contribution in [2.45, 2.75) is 78.9 Å². The van der Waals surface area contributed by atoms with Crippen molar-refractivity contribution in [2.24, 2.45) is 5.92 Å². The molecule has 1 aromatic heterocycles. The van der Waals surface area contributed by atoms with Gasteiger partial charge in [0.15, 0.2) is 17.5 Å². The van der Waals surface area contributed by atoms with Crippen LogP contribution in [-0.2, 0) is 16.2 Å². The second-order valence-electron chi connectivity index (χ2n) is 24.9. The van der Waals surface area contributed by atoms with Crippen LogP contribution in [0.5, 0.6) is 0 Å². The summed E-state index contributed by atoms with van der Waals surface area (Å²) in [5.74, 6) is 3.48. The SMILES string of the molecule is c1ccc(-c2nc(-c3ccccc3)nc(-c3c4ccccc4c(-c4cccc5c4-c4ccccc4C4CC67CC(CCC89c%10ccccc%10-c%10ccccc%10C8CCC5(C4)C69)c4ccccc4-c4ccccc47)c4ccccc34)n2)cc1. The molecule has 0 saturated heterocycles. The molecule has 3 saturated carbocycles. The summed E-state index contributed by atoms with van der Waals surface area (Å²) < 4.78 is 0. The normalized spacial score (nSPS) is 23.9. The van der Waals surface area contributed by atoms with Gasteiger partial charge in [-0.2, -0.15) is 0 Å². The minimum Gasteiger partial charge on any atom is -0.208 e. The molecule has 1 heterocycles. The quantitative estimate of drug-likeness (QED) is 0.165. The van der Waals surface area contributed by atoms with Crippen molar-refractivity contribution >= 4 is 21.5 Å². The molecule has 3 spiro atoms. The fraction of sp³-hybridized carbons (Fsp3) is 0.177. The molecule has 390 valence electrons. The van der Waals surface area contributed by atoms with Crippen LogP contribution in [0.4, 0.5) is 0 Å². The molecule has 11 aromatic carbocycles. The van der Waals surface area contributed by atoms with E-state index in [4.69, 9.17) is 15.0 Å². The summed E-state index contributed by atoms with van der Waals surface area (Å²) in [4.78, 5) is 16.0. The lowest BCUT2D eigenvalue weighted by atomic mass is 9.34. The predicted octanol–water partition coefficient (Wildman–Crippen LogP) is 19.6. The Morgan fingerprint density at radius 3 is 1.40 bits per heavy atom. The Morgan fingerprint density at radius 2 is 0.744 bits per heavy atom. The Hall–Kier alpha value is -9.05. The molecule has 0 radical (unpaired) electrons. The van der Waals surface area contributed by atoms with Gasteiger partial charge >= 0.3 is 0 Å². The minimum absolute atomic E-state index is 0.130. The summed E-state index contributed by atoms with van der Waals surface area (Å²) >= 11 is 0. The van der Waals surface area contributed by atoms with Crippen LogP contribution < -0.4 is 0 Å². The third-order valence-electron chi connectivity index (χ3n) is 21.5. The van der Waals surface area contributed by atoms with Crippen LogP contribution in [0.25, 0.3) is 100 Å². The second-order valence-corrected chi connectivity index (χ2v) is 24.9. The van der Waals surface area contributed by atoms with E-state index in [-0.39, 0.29) is 16.2 Å². The predicted molar refractivity (Wildman–Crippen MR) is 335 cm³/mol. The lowest BCUT2D eigenvalue weighted by Crippen LogP contribution is -2.65. The fourth-order valence-electron chi connectivity index (χ4n) is 19.0. The van der Waals surface area contributed by atoms with Gasteiger partial charge in [0, 0.05) is 32.9 Å². The summed E-state index contributed by atoms with van der Waals surface area (Å²) in [5, 5.41) is 4.68. The van der Waals surface area contributed by atoms with Gasteiger partial charge in [0.05, 0.1) is 0 Å². The summed E-state index contributed by atoms with van der Waals surface area (Å²) in [6.45, 7) is 0. The number of nitrogens with zero attached hydrogens (tertiary/aromatic N) is 3. The second kappa shape index (κ2) is 17.5.